The number of ether oxygens (including phenoxy) is 3. The van der Waals surface area contributed by atoms with Crippen LogP contribution in [0.15, 0.2) is 96.4 Å². The molecule has 45 heavy (non-hydrogen) atoms. The molecule has 0 aliphatic carbocycles. The summed E-state index contributed by atoms with van der Waals surface area (Å²) in [7, 11) is 0. The first-order valence-corrected chi connectivity index (χ1v) is 15.8. The molecule has 0 radical (unpaired) electrons. The number of nitrogens with one attached hydrogen (secondary N) is 1. The fraction of sp³-hybridized carbons (Fsp3) is 0.314. The summed E-state index contributed by atoms with van der Waals surface area (Å²) in [5, 5.41) is 13.1. The smallest absolute Gasteiger partial charge is 0.303 e. The molecule has 5 atom stereocenters. The number of aliphatic hydroxyl groups is 1. The molecule has 2 heterocycles. The lowest BCUT2D eigenvalue weighted by Crippen LogP contribution is -2.38. The highest BCUT2D eigenvalue weighted by atomic mass is 32.2. The van der Waals surface area contributed by atoms with Gasteiger partial charge >= 0.3 is 5.97 Å². The Morgan fingerprint density at radius 3 is 2.33 bits per heavy atom. The number of aliphatic hydroxyl groups excluding tert-OH is 1. The van der Waals surface area contributed by atoms with Gasteiger partial charge < -0.3 is 24.6 Å². The van der Waals surface area contributed by atoms with Crippen LogP contribution in [0.4, 0.5) is 0 Å². The van der Waals surface area contributed by atoms with Gasteiger partial charge in [0.05, 0.1) is 18.8 Å². The molecule has 0 saturated carbocycles. The lowest BCUT2D eigenvalue weighted by atomic mass is 9.91. The number of aromatic nitrogens is 2. The van der Waals surface area contributed by atoms with E-state index >= 15 is 0 Å². The normalized spacial score (nSPS) is 20.3. The van der Waals surface area contributed by atoms with Crippen LogP contribution < -0.4 is 5.32 Å². The van der Waals surface area contributed by atoms with Crippen LogP contribution in [0.1, 0.15) is 55.4 Å². The van der Waals surface area contributed by atoms with Crippen LogP contribution in [-0.4, -0.2) is 44.9 Å². The predicted molar refractivity (Wildman–Crippen MR) is 171 cm³/mol. The van der Waals surface area contributed by atoms with Gasteiger partial charge in [-0.3, -0.25) is 9.59 Å². The molecule has 0 bridgehead atoms. The van der Waals surface area contributed by atoms with Crippen molar-refractivity contribution < 1.29 is 28.9 Å². The fourth-order valence-corrected chi connectivity index (χ4v) is 6.20. The van der Waals surface area contributed by atoms with Crippen molar-refractivity contribution in [2.45, 2.75) is 63.7 Å². The second-order valence-corrected chi connectivity index (χ2v) is 11.9. The zero-order chi connectivity index (χ0) is 31.8. The standard InChI is InChI=1S/C35H37N3O6S/c1-22-31(21-45-35-36-17-6-18-37-35)43-34(44-32(22)27-11-9-25(20-39)10-12-27)28-15-13-26(14-16-28)30-8-5-4-7-29(30)19-38-33(41)23(2)42-24(3)40/h4-18,22-23,31-32,34,39H,19-21H2,1-3H3,(H,38,41). The van der Waals surface area contributed by atoms with Crippen LogP contribution >= 0.6 is 11.8 Å². The largest absolute Gasteiger partial charge is 0.453 e. The molecule has 1 aliphatic rings. The maximum atomic E-state index is 12.4. The minimum Gasteiger partial charge on any atom is -0.453 e. The molecular weight excluding hydrogens is 590 g/mol. The van der Waals surface area contributed by atoms with Crippen LogP contribution in [0.5, 0.6) is 0 Å². The van der Waals surface area contributed by atoms with Gasteiger partial charge in [0, 0.05) is 43.1 Å². The molecule has 4 aromatic rings. The molecule has 2 N–H and O–H groups in total. The van der Waals surface area contributed by atoms with Crippen molar-refractivity contribution in [2.24, 2.45) is 5.92 Å². The number of hydrogen-bond donors (Lipinski definition) is 2. The summed E-state index contributed by atoms with van der Waals surface area (Å²) in [4.78, 5) is 32.3. The number of rotatable bonds is 11. The summed E-state index contributed by atoms with van der Waals surface area (Å²) in [5.41, 5.74) is 5.63. The fourth-order valence-electron chi connectivity index (χ4n) is 5.23. The first-order chi connectivity index (χ1) is 21.8. The van der Waals surface area contributed by atoms with Gasteiger partial charge in [0.15, 0.2) is 17.6 Å². The van der Waals surface area contributed by atoms with E-state index in [1.165, 1.54) is 6.92 Å². The maximum Gasteiger partial charge on any atom is 0.303 e. The van der Waals surface area contributed by atoms with E-state index in [1.54, 1.807) is 37.1 Å². The van der Waals surface area contributed by atoms with E-state index in [1.807, 2.05) is 72.8 Å². The summed E-state index contributed by atoms with van der Waals surface area (Å²) in [6, 6.07) is 25.5. The lowest BCUT2D eigenvalue weighted by molar-refractivity contribution is -0.268. The quantitative estimate of drug-likeness (QED) is 0.121. The summed E-state index contributed by atoms with van der Waals surface area (Å²) in [5.74, 6) is -0.158. The van der Waals surface area contributed by atoms with Crippen molar-refractivity contribution in [3.63, 3.8) is 0 Å². The average Bonchev–Trinajstić information content (AvgIpc) is 3.07. The van der Waals surface area contributed by atoms with E-state index < -0.39 is 18.4 Å². The highest BCUT2D eigenvalue weighted by Crippen LogP contribution is 2.43. The van der Waals surface area contributed by atoms with E-state index in [0.29, 0.717) is 10.9 Å². The Morgan fingerprint density at radius 2 is 1.64 bits per heavy atom. The van der Waals surface area contributed by atoms with Gasteiger partial charge in [-0.25, -0.2) is 9.97 Å². The third kappa shape index (κ3) is 8.34. The molecular formula is C35H37N3O6S. The Kier molecular flexibility index (Phi) is 11.0. The van der Waals surface area contributed by atoms with E-state index in [2.05, 4.69) is 22.2 Å². The molecule has 5 unspecified atom stereocenters. The van der Waals surface area contributed by atoms with E-state index in [9.17, 15) is 14.7 Å². The van der Waals surface area contributed by atoms with Crippen LogP contribution in [0, 0.1) is 5.92 Å². The van der Waals surface area contributed by atoms with Crippen LogP contribution in [0.3, 0.4) is 0 Å². The van der Waals surface area contributed by atoms with Gasteiger partial charge in [-0.15, -0.1) is 0 Å². The van der Waals surface area contributed by atoms with Gasteiger partial charge in [0.1, 0.15) is 0 Å². The van der Waals surface area contributed by atoms with E-state index in [0.717, 1.165) is 33.4 Å². The third-order valence-electron chi connectivity index (χ3n) is 7.72. The average molecular weight is 628 g/mol. The summed E-state index contributed by atoms with van der Waals surface area (Å²) < 4.78 is 18.2. The SMILES string of the molecule is CC(=O)OC(C)C(=O)NCc1ccccc1-c1ccc(C2OC(CSc3ncccn3)C(C)C(c3ccc(CO)cc3)O2)cc1. The Bertz CT molecular complexity index is 1570. The Balaban J connectivity index is 1.34. The highest BCUT2D eigenvalue weighted by Gasteiger charge is 2.38. The van der Waals surface area contributed by atoms with E-state index in [4.69, 9.17) is 14.2 Å². The van der Waals surface area contributed by atoms with Gasteiger partial charge in [-0.1, -0.05) is 91.5 Å². The Morgan fingerprint density at radius 1 is 0.956 bits per heavy atom. The molecule has 0 spiro atoms. The topological polar surface area (TPSA) is 120 Å². The molecule has 1 amide bonds. The van der Waals surface area contributed by atoms with Crippen LogP contribution in [0.2, 0.25) is 0 Å². The first-order valence-electron chi connectivity index (χ1n) is 14.9. The van der Waals surface area contributed by atoms with Crippen molar-refractivity contribution in [3.05, 3.63) is 114 Å². The molecule has 1 fully saturated rings. The number of thioether (sulfide) groups is 1. The van der Waals surface area contributed by atoms with Gasteiger partial charge in [0.25, 0.3) is 5.91 Å². The molecule has 1 aromatic heterocycles. The summed E-state index contributed by atoms with van der Waals surface area (Å²) >= 11 is 1.55. The third-order valence-corrected chi connectivity index (χ3v) is 8.68. The van der Waals surface area contributed by atoms with Gasteiger partial charge in [0.2, 0.25) is 0 Å². The van der Waals surface area contributed by atoms with Crippen molar-refractivity contribution >= 4 is 23.6 Å². The summed E-state index contributed by atoms with van der Waals surface area (Å²) in [6.45, 7) is 5.23. The molecule has 1 saturated heterocycles. The Hall–Kier alpha value is -4.09. The first kappa shape index (κ1) is 32.3. The minimum atomic E-state index is -0.869. The van der Waals surface area contributed by atoms with E-state index in [-0.39, 0.29) is 37.2 Å². The van der Waals surface area contributed by atoms with Crippen molar-refractivity contribution in [1.29, 1.82) is 0 Å². The van der Waals surface area contributed by atoms with Gasteiger partial charge in [-0.05, 0) is 40.8 Å². The molecule has 3 aromatic carbocycles. The number of carbonyl (C=O) groups is 2. The molecule has 234 valence electrons. The number of amides is 1. The number of carbonyl (C=O) groups excluding carboxylic acids is 2. The molecule has 5 rings (SSSR count). The van der Waals surface area contributed by atoms with Crippen LogP contribution in [0.25, 0.3) is 11.1 Å². The zero-order valence-electron chi connectivity index (χ0n) is 25.5. The zero-order valence-corrected chi connectivity index (χ0v) is 26.3. The highest BCUT2D eigenvalue weighted by molar-refractivity contribution is 7.99. The molecule has 1 aliphatic heterocycles. The molecule has 9 nitrogen and oxygen atoms in total. The lowest BCUT2D eigenvalue weighted by Gasteiger charge is -2.41. The summed E-state index contributed by atoms with van der Waals surface area (Å²) in [6.07, 6.45) is 1.63. The minimum absolute atomic E-state index is 0.0152. The maximum absolute atomic E-state index is 12.4. The van der Waals surface area contributed by atoms with Crippen LogP contribution in [-0.2, 0) is 37.0 Å². The number of benzene rings is 3. The molecule has 10 heteroatoms. The number of hydrogen-bond acceptors (Lipinski definition) is 9. The monoisotopic (exact) mass is 627 g/mol. The number of esters is 1. The predicted octanol–water partition coefficient (Wildman–Crippen LogP) is 5.79. The van der Waals surface area contributed by atoms with Gasteiger partial charge in [-0.2, -0.15) is 0 Å². The van der Waals surface area contributed by atoms with Crippen molar-refractivity contribution in [3.8, 4) is 11.1 Å². The van der Waals surface area contributed by atoms with Crippen molar-refractivity contribution in [1.82, 2.24) is 15.3 Å². The number of nitrogens with zero attached hydrogens (tertiary/aromatic N) is 2. The van der Waals surface area contributed by atoms with Crippen molar-refractivity contribution in [2.75, 3.05) is 5.75 Å². The second kappa shape index (κ2) is 15.3. The second-order valence-electron chi connectivity index (χ2n) is 10.9. The Labute approximate surface area is 267 Å².